The lowest BCUT2D eigenvalue weighted by atomic mass is 10.1. The van der Waals surface area contributed by atoms with Gasteiger partial charge in [-0.15, -0.1) is 11.3 Å². The van der Waals surface area contributed by atoms with E-state index >= 15 is 0 Å². The third-order valence-corrected chi connectivity index (χ3v) is 4.77. The minimum Gasteiger partial charge on any atom is -0.293 e. The molecule has 3 aromatic rings. The van der Waals surface area contributed by atoms with Crippen LogP contribution in [0.3, 0.4) is 0 Å². The van der Waals surface area contributed by atoms with Crippen molar-refractivity contribution in [3.63, 3.8) is 0 Å². The van der Waals surface area contributed by atoms with Gasteiger partial charge in [0.15, 0.2) is 5.82 Å². The Kier molecular flexibility index (Phi) is 3.48. The van der Waals surface area contributed by atoms with Crippen molar-refractivity contribution in [1.82, 2.24) is 24.6 Å². The SMILES string of the molecule is Cn1ccc(CN2CCc3nc(-c4cccs4)ncc3C2)n1. The third-order valence-electron chi connectivity index (χ3n) is 3.91. The highest BCUT2D eigenvalue weighted by molar-refractivity contribution is 7.13. The van der Waals surface area contributed by atoms with Gasteiger partial charge in [0.25, 0.3) is 0 Å². The van der Waals surface area contributed by atoms with Gasteiger partial charge in [0.1, 0.15) is 0 Å². The topological polar surface area (TPSA) is 46.8 Å². The third kappa shape index (κ3) is 2.67. The molecule has 0 fully saturated rings. The Morgan fingerprint density at radius 2 is 2.27 bits per heavy atom. The Labute approximate surface area is 133 Å². The summed E-state index contributed by atoms with van der Waals surface area (Å²) in [5, 5.41) is 6.52. The van der Waals surface area contributed by atoms with Crippen LogP contribution < -0.4 is 0 Å². The maximum Gasteiger partial charge on any atom is 0.169 e. The first kappa shape index (κ1) is 13.6. The van der Waals surface area contributed by atoms with Crippen LogP contribution in [0.25, 0.3) is 10.7 Å². The minimum atomic E-state index is 0.854. The molecule has 6 heteroatoms. The summed E-state index contributed by atoms with van der Waals surface area (Å²) in [5.41, 5.74) is 3.54. The standard InChI is InChI=1S/C16H17N5S/c1-20-6-4-13(19-20)11-21-7-5-14-12(10-21)9-17-16(18-14)15-3-2-8-22-15/h2-4,6,8-9H,5,7,10-11H2,1H3. The van der Waals surface area contributed by atoms with Crippen LogP contribution in [0.15, 0.2) is 36.0 Å². The van der Waals surface area contributed by atoms with Crippen LogP contribution in [0.1, 0.15) is 17.0 Å². The molecule has 4 rings (SSSR count). The fourth-order valence-corrected chi connectivity index (χ4v) is 3.48. The van der Waals surface area contributed by atoms with E-state index in [1.807, 2.05) is 30.2 Å². The van der Waals surface area contributed by atoms with Crippen molar-refractivity contribution in [3.05, 3.63) is 52.9 Å². The molecule has 0 atom stereocenters. The maximum atomic E-state index is 4.75. The van der Waals surface area contributed by atoms with Crippen molar-refractivity contribution in [2.24, 2.45) is 7.05 Å². The highest BCUT2D eigenvalue weighted by atomic mass is 32.1. The predicted molar refractivity (Wildman–Crippen MR) is 86.4 cm³/mol. The molecule has 1 aliphatic rings. The summed E-state index contributed by atoms with van der Waals surface area (Å²) in [6.45, 7) is 2.80. The Balaban J connectivity index is 1.52. The molecule has 0 aromatic carbocycles. The summed E-state index contributed by atoms with van der Waals surface area (Å²) in [4.78, 5) is 12.8. The van der Waals surface area contributed by atoms with E-state index < -0.39 is 0 Å². The van der Waals surface area contributed by atoms with Crippen molar-refractivity contribution in [2.75, 3.05) is 6.54 Å². The summed E-state index contributed by atoms with van der Waals surface area (Å²) in [6, 6.07) is 6.19. The molecule has 1 aliphatic heterocycles. The number of rotatable bonds is 3. The second-order valence-corrected chi connectivity index (χ2v) is 6.53. The van der Waals surface area contributed by atoms with Gasteiger partial charge in [-0.2, -0.15) is 5.10 Å². The van der Waals surface area contributed by atoms with Crippen LogP contribution in [0.2, 0.25) is 0 Å². The monoisotopic (exact) mass is 311 g/mol. The second-order valence-electron chi connectivity index (χ2n) is 5.58. The van der Waals surface area contributed by atoms with E-state index in [0.717, 1.165) is 42.5 Å². The zero-order chi connectivity index (χ0) is 14.9. The highest BCUT2D eigenvalue weighted by Crippen LogP contribution is 2.24. The molecule has 0 saturated heterocycles. The molecule has 0 amide bonds. The van der Waals surface area contributed by atoms with E-state index in [4.69, 9.17) is 4.98 Å². The van der Waals surface area contributed by atoms with Crippen LogP contribution in [-0.4, -0.2) is 31.2 Å². The van der Waals surface area contributed by atoms with Gasteiger partial charge in [0, 0.05) is 51.1 Å². The molecule has 5 nitrogen and oxygen atoms in total. The first-order valence-corrected chi connectivity index (χ1v) is 8.25. The predicted octanol–water partition coefficient (Wildman–Crippen LogP) is 2.50. The molecule has 0 radical (unpaired) electrons. The Bertz CT molecular complexity index is 778. The fourth-order valence-electron chi connectivity index (χ4n) is 2.81. The van der Waals surface area contributed by atoms with E-state index in [2.05, 4.69) is 32.5 Å². The number of hydrogen-bond acceptors (Lipinski definition) is 5. The normalized spacial score (nSPS) is 15.0. The summed E-state index contributed by atoms with van der Waals surface area (Å²) in [5.74, 6) is 0.854. The van der Waals surface area contributed by atoms with Crippen LogP contribution in [0, 0.1) is 0 Å². The van der Waals surface area contributed by atoms with Crippen LogP contribution >= 0.6 is 11.3 Å². The van der Waals surface area contributed by atoms with Gasteiger partial charge in [0.05, 0.1) is 16.3 Å². The van der Waals surface area contributed by atoms with Crippen molar-refractivity contribution in [3.8, 4) is 10.7 Å². The number of thiophene rings is 1. The first-order valence-electron chi connectivity index (χ1n) is 7.37. The van der Waals surface area contributed by atoms with E-state index in [1.165, 1.54) is 11.3 Å². The van der Waals surface area contributed by atoms with Gasteiger partial charge in [0.2, 0.25) is 0 Å². The molecular weight excluding hydrogens is 294 g/mol. The molecule has 0 unspecified atom stereocenters. The van der Waals surface area contributed by atoms with Gasteiger partial charge < -0.3 is 0 Å². The summed E-state index contributed by atoms with van der Waals surface area (Å²) in [6.07, 6.45) is 4.95. The summed E-state index contributed by atoms with van der Waals surface area (Å²) in [7, 11) is 1.95. The summed E-state index contributed by atoms with van der Waals surface area (Å²) < 4.78 is 1.85. The van der Waals surface area contributed by atoms with Gasteiger partial charge in [-0.05, 0) is 17.5 Å². The van der Waals surface area contributed by atoms with Gasteiger partial charge >= 0.3 is 0 Å². The van der Waals surface area contributed by atoms with Gasteiger partial charge in [-0.1, -0.05) is 6.07 Å². The molecule has 4 heterocycles. The zero-order valence-electron chi connectivity index (χ0n) is 12.4. The number of aromatic nitrogens is 4. The molecular formula is C16H17N5S. The Morgan fingerprint density at radius 1 is 1.32 bits per heavy atom. The van der Waals surface area contributed by atoms with Crippen LogP contribution in [-0.2, 0) is 26.6 Å². The number of fused-ring (bicyclic) bond motifs is 1. The Morgan fingerprint density at radius 3 is 3.05 bits per heavy atom. The molecule has 3 aromatic heterocycles. The average molecular weight is 311 g/mol. The zero-order valence-corrected chi connectivity index (χ0v) is 13.3. The van der Waals surface area contributed by atoms with E-state index in [9.17, 15) is 0 Å². The van der Waals surface area contributed by atoms with Crippen molar-refractivity contribution in [2.45, 2.75) is 19.5 Å². The van der Waals surface area contributed by atoms with Crippen LogP contribution in [0.4, 0.5) is 0 Å². The highest BCUT2D eigenvalue weighted by Gasteiger charge is 2.19. The van der Waals surface area contributed by atoms with E-state index in [1.54, 1.807) is 11.3 Å². The van der Waals surface area contributed by atoms with Crippen molar-refractivity contribution >= 4 is 11.3 Å². The molecule has 0 N–H and O–H groups in total. The fraction of sp³-hybridized carbons (Fsp3) is 0.312. The average Bonchev–Trinajstić information content (AvgIpc) is 3.19. The van der Waals surface area contributed by atoms with Gasteiger partial charge in [-0.3, -0.25) is 9.58 Å². The lowest BCUT2D eigenvalue weighted by Crippen LogP contribution is -2.31. The molecule has 0 spiro atoms. The molecule has 112 valence electrons. The van der Waals surface area contributed by atoms with Crippen molar-refractivity contribution < 1.29 is 0 Å². The molecule has 0 bridgehead atoms. The number of hydrogen-bond donors (Lipinski definition) is 0. The van der Waals surface area contributed by atoms with Crippen LogP contribution in [0.5, 0.6) is 0 Å². The molecule has 22 heavy (non-hydrogen) atoms. The van der Waals surface area contributed by atoms with E-state index in [-0.39, 0.29) is 0 Å². The lowest BCUT2D eigenvalue weighted by molar-refractivity contribution is 0.239. The number of nitrogens with zero attached hydrogens (tertiary/aromatic N) is 5. The largest absolute Gasteiger partial charge is 0.293 e. The minimum absolute atomic E-state index is 0.854. The Hall–Kier alpha value is -2.05. The van der Waals surface area contributed by atoms with Crippen molar-refractivity contribution in [1.29, 1.82) is 0 Å². The number of aryl methyl sites for hydroxylation is 1. The van der Waals surface area contributed by atoms with Gasteiger partial charge in [-0.25, -0.2) is 9.97 Å². The second kappa shape index (κ2) is 5.62. The smallest absolute Gasteiger partial charge is 0.169 e. The lowest BCUT2D eigenvalue weighted by Gasteiger charge is -2.27. The first-order chi connectivity index (χ1) is 10.8. The quantitative estimate of drug-likeness (QED) is 0.745. The maximum absolute atomic E-state index is 4.75. The van der Waals surface area contributed by atoms with E-state index in [0.29, 0.717) is 0 Å². The summed E-state index contributed by atoms with van der Waals surface area (Å²) >= 11 is 1.69. The molecule has 0 aliphatic carbocycles. The molecule has 0 saturated carbocycles.